The van der Waals surface area contributed by atoms with E-state index in [4.69, 9.17) is 10.1 Å². The highest BCUT2D eigenvalue weighted by atomic mass is 18.0. The van der Waals surface area contributed by atoms with Gasteiger partial charge in [0.2, 0.25) is 0 Å². The maximum atomic E-state index is 7.66. The molecular weight excluding hydrogens is 504 g/mol. The lowest BCUT2D eigenvalue weighted by molar-refractivity contribution is -0.862. The van der Waals surface area contributed by atoms with Crippen LogP contribution in [0.3, 0.4) is 0 Å². The lowest BCUT2D eigenvalue weighted by Crippen LogP contribution is -2.04. The molecule has 12 nitrogen and oxygen atoms in total. The molecule has 0 saturated heterocycles. The van der Waals surface area contributed by atoms with Gasteiger partial charge in [-0.1, -0.05) is 155 Å². The van der Waals surface area contributed by atoms with E-state index in [1.54, 1.807) is 0 Å². The molecule has 0 aromatic heterocycles. The van der Waals surface area contributed by atoms with E-state index in [0.29, 0.717) is 6.61 Å². The molecule has 12 heteroatoms. The van der Waals surface area contributed by atoms with Gasteiger partial charge in [0.25, 0.3) is 0 Å². The fourth-order valence-corrected chi connectivity index (χ4v) is 4.27. The maximum absolute atomic E-state index is 7.66. The molecular formula is C26H54O12. The molecule has 0 spiro atoms. The largest absolute Gasteiger partial charge is 0.219 e. The van der Waals surface area contributed by atoms with E-state index in [-0.39, 0.29) is 0 Å². The Kier molecular flexibility index (Phi) is 36.1. The lowest BCUT2D eigenvalue weighted by atomic mass is 10.0. The van der Waals surface area contributed by atoms with E-state index in [9.17, 15) is 0 Å². The molecule has 0 rings (SSSR count). The van der Waals surface area contributed by atoms with E-state index in [1.165, 1.54) is 141 Å². The highest BCUT2D eigenvalue weighted by Gasteiger charge is 1.99. The molecule has 0 heterocycles. The van der Waals surface area contributed by atoms with Crippen molar-refractivity contribution in [2.75, 3.05) is 6.61 Å². The number of hydrogen-bond acceptors (Lipinski definition) is 12. The lowest BCUT2D eigenvalue weighted by Gasteiger charge is -2.04. The summed E-state index contributed by atoms with van der Waals surface area (Å²) in [6, 6.07) is 0. The van der Waals surface area contributed by atoms with Gasteiger partial charge in [-0.25, -0.2) is 10.1 Å². The van der Waals surface area contributed by atoms with Crippen LogP contribution in [0.4, 0.5) is 0 Å². The molecule has 0 aliphatic carbocycles. The van der Waals surface area contributed by atoms with E-state index >= 15 is 0 Å². The van der Waals surface area contributed by atoms with Crippen molar-refractivity contribution in [2.45, 2.75) is 161 Å². The molecule has 0 unspecified atom stereocenters. The second kappa shape index (κ2) is 36.5. The van der Waals surface area contributed by atoms with Gasteiger partial charge in [0.1, 0.15) is 0 Å². The zero-order valence-corrected chi connectivity index (χ0v) is 23.6. The summed E-state index contributed by atoms with van der Waals surface area (Å²) in [7, 11) is 0. The summed E-state index contributed by atoms with van der Waals surface area (Å²) < 4.78 is 0. The van der Waals surface area contributed by atoms with Gasteiger partial charge in [0, 0.05) is 0 Å². The Balaban J connectivity index is 3.01. The first-order valence-corrected chi connectivity index (χ1v) is 14.8. The molecule has 0 radical (unpaired) electrons. The summed E-state index contributed by atoms with van der Waals surface area (Å²) in [5.41, 5.74) is 0. The predicted octanol–water partition coefficient (Wildman–Crippen LogP) is 9.17. The minimum Gasteiger partial charge on any atom is -0.219 e. The Morgan fingerprint density at radius 3 is 0.895 bits per heavy atom. The summed E-state index contributed by atoms with van der Waals surface area (Å²) in [6.45, 7) is 2.63. The summed E-state index contributed by atoms with van der Waals surface area (Å²) in [5, 5.41) is 44.2. The van der Waals surface area contributed by atoms with Crippen LogP contribution in [-0.2, 0) is 55.3 Å². The molecule has 0 aliphatic heterocycles. The average Bonchev–Trinajstić information content (AvgIpc) is 2.93. The van der Waals surface area contributed by atoms with Crippen molar-refractivity contribution in [1.29, 1.82) is 0 Å². The zero-order valence-electron chi connectivity index (χ0n) is 23.6. The fourth-order valence-electron chi connectivity index (χ4n) is 4.27. The minimum absolute atomic E-state index is 0.343. The van der Waals surface area contributed by atoms with Gasteiger partial charge >= 0.3 is 0 Å². The molecule has 0 bridgehead atoms. The van der Waals surface area contributed by atoms with Crippen LogP contribution in [0.1, 0.15) is 161 Å². The Bertz CT molecular complexity index is 370. The molecule has 0 amide bonds. The topological polar surface area (TPSA) is 122 Å². The summed E-state index contributed by atoms with van der Waals surface area (Å²) in [6.07, 6.45) is 32.5. The van der Waals surface area contributed by atoms with Crippen LogP contribution >= 0.6 is 0 Å². The molecule has 0 saturated carbocycles. The van der Waals surface area contributed by atoms with Gasteiger partial charge in [0.05, 0.1) is 6.61 Å². The maximum Gasteiger partial charge on any atom is 0.0855 e. The highest BCUT2D eigenvalue weighted by molar-refractivity contribution is 4.51. The predicted molar refractivity (Wildman–Crippen MR) is 136 cm³/mol. The average molecular weight is 559 g/mol. The van der Waals surface area contributed by atoms with Crippen LogP contribution in [0.5, 0.6) is 0 Å². The van der Waals surface area contributed by atoms with Crippen LogP contribution in [0.2, 0.25) is 0 Å². The van der Waals surface area contributed by atoms with Gasteiger partial charge < -0.3 is 0 Å². The first-order chi connectivity index (χ1) is 18.9. The van der Waals surface area contributed by atoms with Gasteiger partial charge in [-0.3, -0.25) is 0 Å². The molecule has 0 aromatic rings. The van der Waals surface area contributed by atoms with E-state index in [2.05, 4.69) is 57.3 Å². The number of unbranched alkanes of at least 4 members (excludes halogenated alkanes) is 23. The second-order valence-corrected chi connectivity index (χ2v) is 9.64. The molecule has 230 valence electrons. The van der Waals surface area contributed by atoms with Crippen molar-refractivity contribution in [2.24, 2.45) is 0 Å². The van der Waals surface area contributed by atoms with Crippen molar-refractivity contribution in [1.82, 2.24) is 0 Å². The third kappa shape index (κ3) is 35.5. The van der Waals surface area contributed by atoms with Gasteiger partial charge in [-0.05, 0) is 56.8 Å². The van der Waals surface area contributed by atoms with Crippen molar-refractivity contribution < 1.29 is 60.5 Å². The fraction of sp³-hybridized carbons (Fsp3) is 1.00. The van der Waals surface area contributed by atoms with Gasteiger partial charge in [-0.15, -0.1) is 0 Å². The number of hydrogen-bond donors (Lipinski definition) is 1. The Hall–Kier alpha value is -0.480. The SMILES string of the molecule is CCCCCCCCCCCCCCCCCCCCCCCCCCOOOOOOOOOOOO. The van der Waals surface area contributed by atoms with Crippen molar-refractivity contribution >= 4 is 0 Å². The van der Waals surface area contributed by atoms with Crippen molar-refractivity contribution in [3.05, 3.63) is 0 Å². The summed E-state index contributed by atoms with van der Waals surface area (Å²) in [5.74, 6) is 0. The van der Waals surface area contributed by atoms with Crippen LogP contribution < -0.4 is 0 Å². The molecule has 0 atom stereocenters. The third-order valence-electron chi connectivity index (χ3n) is 6.38. The van der Waals surface area contributed by atoms with Gasteiger partial charge in [0.15, 0.2) is 0 Å². The molecule has 38 heavy (non-hydrogen) atoms. The number of rotatable bonds is 35. The zero-order chi connectivity index (χ0) is 27.5. The normalized spacial score (nSPS) is 11.5. The Morgan fingerprint density at radius 2 is 0.579 bits per heavy atom. The highest BCUT2D eigenvalue weighted by Crippen LogP contribution is 2.15. The van der Waals surface area contributed by atoms with Crippen LogP contribution in [0, 0.1) is 0 Å². The second-order valence-electron chi connectivity index (χ2n) is 9.64. The van der Waals surface area contributed by atoms with E-state index in [1.807, 2.05) is 0 Å². The van der Waals surface area contributed by atoms with E-state index < -0.39 is 0 Å². The quantitative estimate of drug-likeness (QED) is 0.0453. The van der Waals surface area contributed by atoms with Crippen LogP contribution in [0.25, 0.3) is 0 Å². The van der Waals surface area contributed by atoms with E-state index in [0.717, 1.165) is 12.8 Å². The molecule has 1 N–H and O–H groups in total. The first-order valence-electron chi connectivity index (χ1n) is 14.8. The van der Waals surface area contributed by atoms with Crippen molar-refractivity contribution in [3.8, 4) is 0 Å². The summed E-state index contributed by atoms with van der Waals surface area (Å²) >= 11 is 0. The smallest absolute Gasteiger partial charge is 0.0855 e. The Morgan fingerprint density at radius 1 is 0.316 bits per heavy atom. The minimum atomic E-state index is 0.343. The first kappa shape index (κ1) is 37.5. The molecule has 0 aliphatic rings. The van der Waals surface area contributed by atoms with Crippen LogP contribution in [-0.4, -0.2) is 11.9 Å². The molecule has 0 fully saturated rings. The monoisotopic (exact) mass is 558 g/mol. The van der Waals surface area contributed by atoms with Gasteiger partial charge in [-0.2, -0.15) is 0 Å². The standard InChI is InChI=1S/C26H54O12/c1-2-3-4-5-6-7-8-9-10-11-12-13-14-15-16-17-18-19-20-21-22-23-24-25-26-28-30-32-34-36-38-37-35-33-31-29-27/h27H,2-26H2,1H3. The van der Waals surface area contributed by atoms with Crippen LogP contribution in [0.15, 0.2) is 0 Å². The Labute approximate surface area is 228 Å². The third-order valence-corrected chi connectivity index (χ3v) is 6.38. The summed E-state index contributed by atoms with van der Waals surface area (Å²) in [4.78, 5) is 4.70. The molecule has 0 aromatic carbocycles. The van der Waals surface area contributed by atoms with Crippen molar-refractivity contribution in [3.63, 3.8) is 0 Å².